The molecule has 0 spiro atoms. The lowest BCUT2D eigenvalue weighted by Gasteiger charge is -2.32. The summed E-state index contributed by atoms with van der Waals surface area (Å²) in [6.45, 7) is 8.84. The molecule has 0 unspecified atom stereocenters. The third-order valence-electron chi connectivity index (χ3n) is 8.08. The first-order valence-electron chi connectivity index (χ1n) is 13.9. The number of nitrogens with one attached hydrogen (secondary N) is 1. The molecule has 230 valence electrons. The normalized spacial score (nSPS) is 21.3. The number of carbonyl (C=O) groups excluding carboxylic acids is 1. The number of benzene rings is 3. The fourth-order valence-corrected chi connectivity index (χ4v) is 6.12. The molecule has 1 aliphatic rings. The number of rotatable bonds is 6. The molecule has 1 fully saturated rings. The van der Waals surface area contributed by atoms with Crippen LogP contribution in [0.5, 0.6) is 0 Å². The highest BCUT2D eigenvalue weighted by Gasteiger charge is 2.61. The number of aliphatic carboxylic acids is 1. The lowest BCUT2D eigenvalue weighted by molar-refractivity contribution is -0.142. The number of allylic oxidation sites excluding steroid dienone is 2. The second kappa shape index (κ2) is 11.9. The molecule has 3 atom stereocenters. The molecule has 10 heteroatoms. The van der Waals surface area contributed by atoms with E-state index < -0.39 is 51.7 Å². The van der Waals surface area contributed by atoms with Crippen molar-refractivity contribution in [2.75, 3.05) is 12.4 Å². The van der Waals surface area contributed by atoms with Gasteiger partial charge in [0.25, 0.3) is 0 Å². The summed E-state index contributed by atoms with van der Waals surface area (Å²) in [5.74, 6) is -4.46. The fourth-order valence-electron chi connectivity index (χ4n) is 5.78. The van der Waals surface area contributed by atoms with Gasteiger partial charge in [-0.2, -0.15) is 5.26 Å². The van der Waals surface area contributed by atoms with E-state index in [9.17, 15) is 20.0 Å². The molecule has 0 bridgehead atoms. The molecule has 2 N–H and O–H groups in total. The van der Waals surface area contributed by atoms with Gasteiger partial charge in [0.05, 0.1) is 16.5 Å². The maximum atomic E-state index is 15.9. The Balaban J connectivity index is 1.96. The Morgan fingerprint density at radius 2 is 1.68 bits per heavy atom. The zero-order valence-electron chi connectivity index (χ0n) is 25.2. The third-order valence-corrected chi connectivity index (χ3v) is 8.61. The van der Waals surface area contributed by atoms with Gasteiger partial charge in [-0.3, -0.25) is 9.59 Å². The van der Waals surface area contributed by atoms with Crippen LogP contribution in [0, 0.1) is 28.4 Å². The second-order valence-corrected chi connectivity index (χ2v) is 13.5. The lowest BCUT2D eigenvalue weighted by Crippen LogP contribution is -2.42. The van der Waals surface area contributed by atoms with E-state index in [0.717, 1.165) is 6.07 Å². The molecule has 1 saturated heterocycles. The van der Waals surface area contributed by atoms with Gasteiger partial charge in [-0.05, 0) is 60.7 Å². The number of likely N-dealkylation sites (tertiary alicyclic amines) is 1. The summed E-state index contributed by atoms with van der Waals surface area (Å²) in [4.78, 5) is 27.5. The van der Waals surface area contributed by atoms with E-state index in [4.69, 9.17) is 23.2 Å². The molecule has 0 aliphatic carbocycles. The summed E-state index contributed by atoms with van der Waals surface area (Å²) >= 11 is 12.3. The van der Waals surface area contributed by atoms with E-state index in [0.29, 0.717) is 16.9 Å². The molecular formula is C34H33Cl2F2N3O3. The Bertz CT molecular complexity index is 1690. The second-order valence-electron chi connectivity index (χ2n) is 12.6. The van der Waals surface area contributed by atoms with Crippen molar-refractivity contribution in [3.05, 3.63) is 111 Å². The van der Waals surface area contributed by atoms with Gasteiger partial charge in [0.1, 0.15) is 23.1 Å². The van der Waals surface area contributed by atoms with Crippen LogP contribution in [0.4, 0.5) is 14.5 Å². The number of carbonyl (C=O) groups is 2. The zero-order chi connectivity index (χ0) is 32.8. The van der Waals surface area contributed by atoms with Crippen LogP contribution in [-0.2, 0) is 20.4 Å². The standard InChI is InChI=1S/C34H33Cl2F2N3O3/c1-32(2,3)17-26-34(18-39,23-15-12-20(35)16-25(23)37)27(22-8-7-9-24(36)28(22)38)29(41(26)6)30(42)40-21-13-10-19(11-14-21)33(4,5)31(43)44/h7-17,27,29H,1-6H3,(H,40,42)(H,43,44)/b26-17+/t27-,29+,34-/m0/s1. The summed E-state index contributed by atoms with van der Waals surface area (Å²) < 4.78 is 31.8. The topological polar surface area (TPSA) is 93.4 Å². The number of likely N-dealkylation sites (N-methyl/N-ethyl adjacent to an activating group) is 1. The van der Waals surface area contributed by atoms with Crippen LogP contribution in [-0.4, -0.2) is 35.0 Å². The minimum Gasteiger partial charge on any atom is -0.481 e. The van der Waals surface area contributed by atoms with Crippen molar-refractivity contribution in [3.63, 3.8) is 0 Å². The van der Waals surface area contributed by atoms with Crippen molar-refractivity contribution in [1.82, 2.24) is 4.90 Å². The Hall–Kier alpha value is -3.93. The van der Waals surface area contributed by atoms with Gasteiger partial charge in [-0.25, -0.2) is 8.78 Å². The van der Waals surface area contributed by atoms with Gasteiger partial charge in [-0.15, -0.1) is 0 Å². The highest BCUT2D eigenvalue weighted by atomic mass is 35.5. The lowest BCUT2D eigenvalue weighted by atomic mass is 9.65. The largest absolute Gasteiger partial charge is 0.481 e. The summed E-state index contributed by atoms with van der Waals surface area (Å²) in [5, 5.41) is 23.4. The van der Waals surface area contributed by atoms with Crippen molar-refractivity contribution in [2.24, 2.45) is 5.41 Å². The van der Waals surface area contributed by atoms with E-state index in [1.54, 1.807) is 56.1 Å². The van der Waals surface area contributed by atoms with Gasteiger partial charge in [0.15, 0.2) is 0 Å². The van der Waals surface area contributed by atoms with Crippen LogP contribution in [0.15, 0.2) is 72.4 Å². The SMILES string of the molecule is CN1/C(=C/C(C)(C)C)[C@](C#N)(c2ccc(Cl)cc2F)[C@@H](c2cccc(Cl)c2F)[C@@H]1C(=O)Nc1ccc(C(C)(C)C(=O)O)cc1. The van der Waals surface area contributed by atoms with E-state index in [1.165, 1.54) is 30.3 Å². The predicted molar refractivity (Wildman–Crippen MR) is 168 cm³/mol. The predicted octanol–water partition coefficient (Wildman–Crippen LogP) is 8.06. The van der Waals surface area contributed by atoms with Crippen molar-refractivity contribution < 1.29 is 23.5 Å². The van der Waals surface area contributed by atoms with Gasteiger partial charge in [0.2, 0.25) is 5.91 Å². The first-order chi connectivity index (χ1) is 20.5. The van der Waals surface area contributed by atoms with E-state index >= 15 is 8.78 Å². The summed E-state index contributed by atoms with van der Waals surface area (Å²) in [7, 11) is 1.61. The molecule has 1 amide bonds. The maximum absolute atomic E-state index is 15.9. The Labute approximate surface area is 265 Å². The monoisotopic (exact) mass is 639 g/mol. The minimum absolute atomic E-state index is 0.0312. The minimum atomic E-state index is -1.88. The summed E-state index contributed by atoms with van der Waals surface area (Å²) in [5.41, 5.74) is -2.47. The number of carboxylic acids is 1. The maximum Gasteiger partial charge on any atom is 0.313 e. The van der Waals surface area contributed by atoms with Crippen molar-refractivity contribution in [2.45, 2.75) is 57.4 Å². The molecule has 0 aromatic heterocycles. The molecule has 1 heterocycles. The van der Waals surface area contributed by atoms with E-state index in [1.807, 2.05) is 20.8 Å². The smallest absolute Gasteiger partial charge is 0.313 e. The van der Waals surface area contributed by atoms with E-state index in [2.05, 4.69) is 11.4 Å². The highest BCUT2D eigenvalue weighted by molar-refractivity contribution is 6.31. The summed E-state index contributed by atoms with van der Waals surface area (Å²) in [6.07, 6.45) is 1.79. The number of hydrogen-bond donors (Lipinski definition) is 2. The van der Waals surface area contributed by atoms with Crippen LogP contribution in [0.3, 0.4) is 0 Å². The van der Waals surface area contributed by atoms with Gasteiger partial charge in [-0.1, -0.05) is 80.4 Å². The number of nitrogens with zero attached hydrogens (tertiary/aromatic N) is 2. The average Bonchev–Trinajstić information content (AvgIpc) is 3.17. The molecule has 1 aliphatic heterocycles. The van der Waals surface area contributed by atoms with Crippen LogP contribution in [0.25, 0.3) is 0 Å². The average molecular weight is 641 g/mol. The summed E-state index contributed by atoms with van der Waals surface area (Å²) in [6, 6.07) is 15.7. The fraction of sp³-hybridized carbons (Fsp3) is 0.324. The van der Waals surface area contributed by atoms with E-state index in [-0.39, 0.29) is 21.2 Å². The molecule has 44 heavy (non-hydrogen) atoms. The number of hydrogen-bond acceptors (Lipinski definition) is 4. The number of halogens is 4. The Morgan fingerprint density at radius 3 is 2.23 bits per heavy atom. The van der Waals surface area contributed by atoms with Gasteiger partial charge < -0.3 is 15.3 Å². The van der Waals surface area contributed by atoms with Gasteiger partial charge in [0, 0.05) is 34.9 Å². The van der Waals surface area contributed by atoms with Crippen LogP contribution >= 0.6 is 23.2 Å². The highest BCUT2D eigenvalue weighted by Crippen LogP contribution is 2.56. The molecular weight excluding hydrogens is 607 g/mol. The van der Waals surface area contributed by atoms with Gasteiger partial charge >= 0.3 is 5.97 Å². The molecule has 4 rings (SSSR count). The van der Waals surface area contributed by atoms with Crippen LogP contribution in [0.1, 0.15) is 57.2 Å². The molecule has 3 aromatic rings. The van der Waals surface area contributed by atoms with Crippen LogP contribution < -0.4 is 5.32 Å². The third kappa shape index (κ3) is 5.79. The quantitative estimate of drug-likeness (QED) is 0.284. The van der Waals surface area contributed by atoms with Crippen molar-refractivity contribution >= 4 is 40.8 Å². The number of nitriles is 1. The van der Waals surface area contributed by atoms with Crippen molar-refractivity contribution in [1.29, 1.82) is 5.26 Å². The van der Waals surface area contributed by atoms with Crippen LogP contribution in [0.2, 0.25) is 10.0 Å². The Morgan fingerprint density at radius 1 is 1.05 bits per heavy atom. The molecule has 6 nitrogen and oxygen atoms in total. The first kappa shape index (κ1) is 33.0. The van der Waals surface area contributed by atoms with Crippen molar-refractivity contribution in [3.8, 4) is 6.07 Å². The molecule has 3 aromatic carbocycles. The number of amides is 1. The molecule has 0 radical (unpaired) electrons. The first-order valence-corrected chi connectivity index (χ1v) is 14.6. The zero-order valence-corrected chi connectivity index (χ0v) is 26.7. The molecule has 0 saturated carbocycles. The number of carboxylic acid groups (broad SMARTS) is 1. The number of anilines is 1. The Kier molecular flexibility index (Phi) is 8.89.